The molecule has 0 bridgehead atoms. The van der Waals surface area contributed by atoms with E-state index in [1.165, 1.54) is 30.6 Å². The predicted octanol–water partition coefficient (Wildman–Crippen LogP) is 3.58. The molecule has 0 amide bonds. The van der Waals surface area contributed by atoms with E-state index in [0.717, 1.165) is 11.5 Å². The molecule has 1 N–H and O–H groups in total. The number of hydrogen-bond donors (Lipinski definition) is 1. The van der Waals surface area contributed by atoms with Gasteiger partial charge in [-0.3, -0.25) is 0 Å². The van der Waals surface area contributed by atoms with Gasteiger partial charge in [0.05, 0.1) is 19.3 Å². The van der Waals surface area contributed by atoms with Crippen LogP contribution in [-0.4, -0.2) is 17.8 Å². The third kappa shape index (κ3) is 4.65. The van der Waals surface area contributed by atoms with Crippen molar-refractivity contribution in [3.05, 3.63) is 21.9 Å². The Bertz CT molecular complexity index is 433. The Hall–Kier alpha value is -0.820. The van der Waals surface area contributed by atoms with E-state index in [9.17, 15) is 0 Å². The number of hydrogen-bond acceptors (Lipinski definition) is 3. The number of thiophene rings is 1. The van der Waals surface area contributed by atoms with Crippen molar-refractivity contribution in [3.8, 4) is 11.8 Å². The molecule has 0 aromatic carbocycles. The van der Waals surface area contributed by atoms with Crippen LogP contribution in [0.1, 0.15) is 49.5 Å². The van der Waals surface area contributed by atoms with E-state index >= 15 is 0 Å². The van der Waals surface area contributed by atoms with E-state index in [-0.39, 0.29) is 6.61 Å². The second-order valence-corrected chi connectivity index (χ2v) is 6.23. The molecular formula is C16H22O2S. The maximum Gasteiger partial charge on any atom is 0.0825 e. The van der Waals surface area contributed by atoms with Crippen molar-refractivity contribution in [3.63, 3.8) is 0 Å². The van der Waals surface area contributed by atoms with Crippen LogP contribution in [-0.2, 0) is 11.3 Å². The zero-order valence-corrected chi connectivity index (χ0v) is 12.3. The van der Waals surface area contributed by atoms with Crippen LogP contribution in [0.5, 0.6) is 0 Å². The molecule has 0 atom stereocenters. The summed E-state index contributed by atoms with van der Waals surface area (Å²) in [6.07, 6.45) is 5.93. The van der Waals surface area contributed by atoms with Gasteiger partial charge in [-0.25, -0.2) is 0 Å². The zero-order valence-electron chi connectivity index (χ0n) is 11.5. The molecule has 1 saturated carbocycles. The van der Waals surface area contributed by atoms with Crippen molar-refractivity contribution in [1.29, 1.82) is 0 Å². The van der Waals surface area contributed by atoms with Gasteiger partial charge in [-0.05, 0) is 43.0 Å². The fraction of sp³-hybridized carbons (Fsp3) is 0.625. The number of ether oxygens (including phenoxy) is 1. The molecule has 1 aromatic rings. The quantitative estimate of drug-likeness (QED) is 0.853. The maximum absolute atomic E-state index is 8.73. The van der Waals surface area contributed by atoms with Gasteiger partial charge < -0.3 is 9.84 Å². The molecule has 1 aromatic heterocycles. The molecule has 104 valence electrons. The smallest absolute Gasteiger partial charge is 0.0825 e. The lowest BCUT2D eigenvalue weighted by molar-refractivity contribution is 0.00997. The Morgan fingerprint density at radius 2 is 2.16 bits per heavy atom. The van der Waals surface area contributed by atoms with Gasteiger partial charge in [0.2, 0.25) is 0 Å². The van der Waals surface area contributed by atoms with Gasteiger partial charge in [-0.15, -0.1) is 11.3 Å². The highest BCUT2D eigenvalue weighted by Gasteiger charge is 2.18. The Morgan fingerprint density at radius 3 is 2.89 bits per heavy atom. The summed E-state index contributed by atoms with van der Waals surface area (Å²) >= 11 is 1.71. The first kappa shape index (κ1) is 14.6. The fourth-order valence-electron chi connectivity index (χ4n) is 2.37. The van der Waals surface area contributed by atoms with E-state index in [0.29, 0.717) is 19.1 Å². The van der Waals surface area contributed by atoms with E-state index in [2.05, 4.69) is 24.1 Å². The molecule has 0 saturated heterocycles. The highest BCUT2D eigenvalue weighted by Crippen LogP contribution is 2.27. The second kappa shape index (κ2) is 7.69. The highest BCUT2D eigenvalue weighted by molar-refractivity contribution is 7.10. The van der Waals surface area contributed by atoms with Gasteiger partial charge in [0.25, 0.3) is 0 Å². The van der Waals surface area contributed by atoms with Gasteiger partial charge in [0.15, 0.2) is 0 Å². The van der Waals surface area contributed by atoms with Gasteiger partial charge >= 0.3 is 0 Å². The van der Waals surface area contributed by atoms with E-state index < -0.39 is 0 Å². The van der Waals surface area contributed by atoms with Crippen molar-refractivity contribution in [1.82, 2.24) is 0 Å². The van der Waals surface area contributed by atoms with Crippen LogP contribution in [0, 0.1) is 17.8 Å². The molecular weight excluding hydrogens is 256 g/mol. The highest BCUT2D eigenvalue weighted by atomic mass is 32.1. The first-order valence-electron chi connectivity index (χ1n) is 7.07. The third-order valence-electron chi connectivity index (χ3n) is 3.62. The molecule has 2 rings (SSSR count). The Labute approximate surface area is 119 Å². The topological polar surface area (TPSA) is 29.5 Å². The van der Waals surface area contributed by atoms with Gasteiger partial charge in [-0.2, -0.15) is 0 Å². The summed E-state index contributed by atoms with van der Waals surface area (Å²) in [6, 6.07) is 2.04. The van der Waals surface area contributed by atoms with Gasteiger partial charge in [0, 0.05) is 16.9 Å². The molecule has 2 nitrogen and oxygen atoms in total. The minimum Gasteiger partial charge on any atom is -0.395 e. The lowest BCUT2D eigenvalue weighted by Crippen LogP contribution is -2.20. The van der Waals surface area contributed by atoms with Crippen LogP contribution in [0.2, 0.25) is 0 Å². The van der Waals surface area contributed by atoms with Gasteiger partial charge in [0.1, 0.15) is 0 Å². The van der Waals surface area contributed by atoms with Gasteiger partial charge in [-0.1, -0.05) is 18.8 Å². The van der Waals surface area contributed by atoms with Crippen LogP contribution < -0.4 is 0 Å². The van der Waals surface area contributed by atoms with Crippen molar-refractivity contribution in [2.24, 2.45) is 5.92 Å². The van der Waals surface area contributed by atoms with E-state index in [1.54, 1.807) is 11.3 Å². The molecule has 1 aliphatic carbocycles. The molecule has 0 radical (unpaired) electrons. The Kier molecular flexibility index (Phi) is 5.91. The monoisotopic (exact) mass is 278 g/mol. The largest absolute Gasteiger partial charge is 0.395 e. The predicted molar refractivity (Wildman–Crippen MR) is 79.1 cm³/mol. The summed E-state index contributed by atoms with van der Waals surface area (Å²) in [5, 5.41) is 10.8. The molecule has 19 heavy (non-hydrogen) atoms. The Balaban J connectivity index is 1.83. The molecule has 1 aliphatic rings. The van der Waals surface area contributed by atoms with Crippen molar-refractivity contribution in [2.45, 2.75) is 51.7 Å². The first-order chi connectivity index (χ1) is 9.29. The lowest BCUT2D eigenvalue weighted by Gasteiger charge is -2.26. The second-order valence-electron chi connectivity index (χ2n) is 5.23. The lowest BCUT2D eigenvalue weighted by atomic mass is 9.89. The first-order valence-corrected chi connectivity index (χ1v) is 7.95. The molecule has 0 unspecified atom stereocenters. The van der Waals surface area contributed by atoms with E-state index in [1.807, 2.05) is 6.07 Å². The Morgan fingerprint density at radius 1 is 1.37 bits per heavy atom. The molecule has 1 heterocycles. The summed E-state index contributed by atoms with van der Waals surface area (Å²) < 4.78 is 6.02. The average molecular weight is 278 g/mol. The summed E-state index contributed by atoms with van der Waals surface area (Å²) in [5.41, 5.74) is 1.06. The summed E-state index contributed by atoms with van der Waals surface area (Å²) in [5.74, 6) is 6.94. The van der Waals surface area contributed by atoms with Crippen LogP contribution in [0.4, 0.5) is 0 Å². The SMILES string of the molecule is CC1CCC(OCc2sccc2C#CCCO)CC1. The maximum atomic E-state index is 8.73. The van der Waals surface area contributed by atoms with E-state index in [4.69, 9.17) is 9.84 Å². The summed E-state index contributed by atoms with van der Waals surface area (Å²) in [7, 11) is 0. The molecule has 0 spiro atoms. The fourth-order valence-corrected chi connectivity index (χ4v) is 3.12. The minimum absolute atomic E-state index is 0.128. The molecule has 1 fully saturated rings. The van der Waals surface area contributed by atoms with Crippen LogP contribution in [0.15, 0.2) is 11.4 Å². The minimum atomic E-state index is 0.128. The number of aliphatic hydroxyl groups is 1. The summed E-state index contributed by atoms with van der Waals surface area (Å²) in [4.78, 5) is 1.21. The van der Waals surface area contributed by atoms with Crippen LogP contribution in [0.3, 0.4) is 0 Å². The van der Waals surface area contributed by atoms with Crippen LogP contribution in [0.25, 0.3) is 0 Å². The number of rotatable bonds is 4. The third-order valence-corrected chi connectivity index (χ3v) is 4.51. The van der Waals surface area contributed by atoms with Crippen molar-refractivity contribution in [2.75, 3.05) is 6.61 Å². The standard InChI is InChI=1S/C16H22O2S/c1-13-5-7-15(8-6-13)18-12-16-14(9-11-19-16)4-2-3-10-17/h9,11,13,15,17H,3,5-8,10,12H2,1H3. The van der Waals surface area contributed by atoms with Crippen molar-refractivity contribution >= 4 is 11.3 Å². The molecule has 0 aliphatic heterocycles. The normalized spacial score (nSPS) is 22.8. The number of aliphatic hydroxyl groups excluding tert-OH is 1. The zero-order chi connectivity index (χ0) is 13.5. The van der Waals surface area contributed by atoms with Crippen LogP contribution >= 0.6 is 11.3 Å². The average Bonchev–Trinajstić information content (AvgIpc) is 2.86. The van der Waals surface area contributed by atoms with Crippen molar-refractivity contribution < 1.29 is 9.84 Å². The summed E-state index contributed by atoms with van der Waals surface area (Å²) in [6.45, 7) is 3.13. The molecule has 3 heteroatoms.